The van der Waals surface area contributed by atoms with E-state index < -0.39 is 34.8 Å². The van der Waals surface area contributed by atoms with E-state index in [2.05, 4.69) is 5.32 Å². The fraction of sp³-hybridized carbons (Fsp3) is 0.308. The second-order valence-corrected chi connectivity index (χ2v) is 9.43. The molecule has 4 N–H and O–H groups in total. The Morgan fingerprint density at radius 3 is 2.29 bits per heavy atom. The fourth-order valence-electron chi connectivity index (χ4n) is 3.51. The molecule has 1 aliphatic rings. The molecule has 10 nitrogen and oxygen atoms in total. The van der Waals surface area contributed by atoms with Gasteiger partial charge in [-0.2, -0.15) is 8.42 Å². The number of esters is 2. The van der Waals surface area contributed by atoms with Gasteiger partial charge in [0.15, 0.2) is 0 Å². The molecule has 0 aliphatic carbocycles. The molecule has 206 valence electrons. The molecule has 12 heteroatoms. The third kappa shape index (κ3) is 8.14. The summed E-state index contributed by atoms with van der Waals surface area (Å²) in [4.78, 5) is 25.7. The molecule has 1 atom stereocenters. The van der Waals surface area contributed by atoms with Crippen molar-refractivity contribution in [3.8, 4) is 0 Å². The Morgan fingerprint density at radius 1 is 1.11 bits per heavy atom. The van der Waals surface area contributed by atoms with Gasteiger partial charge in [-0.05, 0) is 37.5 Å². The molecule has 0 bridgehead atoms. The highest BCUT2D eigenvalue weighted by molar-refractivity contribution is 7.85. The first-order chi connectivity index (χ1) is 19.3. The Labute approximate surface area is 231 Å². The van der Waals surface area contributed by atoms with Crippen LogP contribution in [-0.2, 0) is 33.9 Å². The maximum atomic E-state index is 13.0. The van der Waals surface area contributed by atoms with Crippen LogP contribution in [0, 0.1) is 0 Å². The lowest BCUT2D eigenvalue weighted by Crippen LogP contribution is -2.35. The van der Waals surface area contributed by atoms with E-state index in [0.717, 1.165) is 7.11 Å². The predicted octanol–water partition coefficient (Wildman–Crippen LogP) is 3.20. The van der Waals surface area contributed by atoms with Crippen molar-refractivity contribution in [3.05, 3.63) is 87.7 Å². The maximum Gasteiger partial charge on any atom is 0.336 e. The monoisotopic (exact) mass is 569 g/mol. The molecule has 0 saturated heterocycles. The molecule has 0 amide bonds. The summed E-state index contributed by atoms with van der Waals surface area (Å²) in [6, 6.07) is 14.0. The van der Waals surface area contributed by atoms with Crippen molar-refractivity contribution in [3.63, 3.8) is 0 Å². The Morgan fingerprint density at radius 2 is 1.76 bits per heavy atom. The van der Waals surface area contributed by atoms with E-state index in [1.807, 2.05) is 0 Å². The number of allylic oxidation sites excluding steroid dienone is 1. The number of dihydropyridines is 1. The van der Waals surface area contributed by atoms with E-state index in [0.29, 0.717) is 5.56 Å². The average molecular weight is 570 g/mol. The number of carbonyl (C=O) groups excluding carboxylic acids is 2. The van der Waals surface area contributed by atoms with Crippen LogP contribution in [0.25, 0.3) is 0 Å². The molecule has 38 heavy (non-hydrogen) atoms. The first-order valence-corrected chi connectivity index (χ1v) is 13.1. The van der Waals surface area contributed by atoms with Crippen LogP contribution in [0.3, 0.4) is 0 Å². The Balaban J connectivity index is 0.000000493. The number of methoxy groups -OCH3 is 1. The summed E-state index contributed by atoms with van der Waals surface area (Å²) >= 11 is 6.40. The molecule has 3 rings (SSSR count). The molecule has 1 unspecified atom stereocenters. The van der Waals surface area contributed by atoms with Gasteiger partial charge in [0.25, 0.3) is 10.1 Å². The van der Waals surface area contributed by atoms with Crippen LogP contribution in [0.4, 0.5) is 0 Å². The topological polar surface area (TPSA) is 154 Å². The molecule has 2 aromatic carbocycles. The van der Waals surface area contributed by atoms with Gasteiger partial charge in [-0.25, -0.2) is 9.59 Å². The number of hydrogen-bond acceptors (Lipinski definition) is 9. The molecule has 0 fully saturated rings. The molecule has 0 radical (unpaired) electrons. The largest absolute Gasteiger partial charge is 0.466 e. The van der Waals surface area contributed by atoms with Gasteiger partial charge in [0, 0.05) is 21.4 Å². The second kappa shape index (κ2) is 14.6. The van der Waals surface area contributed by atoms with Crippen molar-refractivity contribution in [1.29, 1.82) is 0 Å². The molecule has 1 aliphatic heterocycles. The molecule has 0 saturated carbocycles. The van der Waals surface area contributed by atoms with Crippen LogP contribution in [0.1, 0.15) is 29.4 Å². The normalized spacial score (nSPS) is 16.8. The first kappa shape index (κ1) is 26.4. The molecule has 0 spiro atoms. The third-order valence-corrected chi connectivity index (χ3v) is 6.33. The summed E-state index contributed by atoms with van der Waals surface area (Å²) in [5.41, 5.74) is 5.37. The fourth-order valence-corrected chi connectivity index (χ4v) is 4.26. The number of nitrogens with two attached hydrogens (primary N) is 1. The Kier molecular flexibility index (Phi) is 10.2. The molecule has 2 aromatic rings. The van der Waals surface area contributed by atoms with Crippen molar-refractivity contribution in [1.82, 2.24) is 5.32 Å². The molecular formula is C26H31ClN2O8S. The van der Waals surface area contributed by atoms with Crippen LogP contribution in [-0.4, -0.2) is 58.4 Å². The van der Waals surface area contributed by atoms with Crippen molar-refractivity contribution in [2.24, 2.45) is 5.73 Å². The van der Waals surface area contributed by atoms with Crippen LogP contribution >= 0.6 is 11.6 Å². The summed E-state index contributed by atoms with van der Waals surface area (Å²) in [5, 5.41) is 2.95. The van der Waals surface area contributed by atoms with Crippen LogP contribution in [0.5, 0.6) is 0 Å². The number of ether oxygens (including phenoxy) is 3. The van der Waals surface area contributed by atoms with Crippen molar-refractivity contribution in [2.45, 2.75) is 24.6 Å². The van der Waals surface area contributed by atoms with E-state index in [1.165, 1.54) is 12.1 Å². The minimum atomic E-state index is -4.00. The van der Waals surface area contributed by atoms with Gasteiger partial charge in [0.1, 0.15) is 0 Å². The van der Waals surface area contributed by atoms with E-state index in [-0.39, 0.29) is 58.8 Å². The number of benzene rings is 2. The lowest BCUT2D eigenvalue weighted by Gasteiger charge is -2.31. The smallest absolute Gasteiger partial charge is 0.336 e. The van der Waals surface area contributed by atoms with Crippen LogP contribution in [0.2, 0.25) is 5.02 Å². The number of rotatable bonds is 9. The summed E-state index contributed by atoms with van der Waals surface area (Å²) < 4.78 is 68.7. The predicted molar refractivity (Wildman–Crippen MR) is 142 cm³/mol. The number of hydrogen-bond donors (Lipinski definition) is 3. The van der Waals surface area contributed by atoms with Crippen LogP contribution < -0.4 is 11.1 Å². The van der Waals surface area contributed by atoms with E-state index in [1.54, 1.807) is 49.4 Å². The highest BCUT2D eigenvalue weighted by Gasteiger charge is 2.39. The minimum absolute atomic E-state index is 0.0142. The van der Waals surface area contributed by atoms with Crippen molar-refractivity contribution >= 4 is 33.7 Å². The zero-order valence-electron chi connectivity index (χ0n) is 23.8. The van der Waals surface area contributed by atoms with Crippen molar-refractivity contribution in [2.75, 3.05) is 33.5 Å². The Bertz CT molecular complexity index is 1400. The molecule has 0 aromatic heterocycles. The number of halogens is 1. The highest BCUT2D eigenvalue weighted by atomic mass is 35.5. The number of nitrogens with one attached hydrogen (secondary N) is 1. The van der Waals surface area contributed by atoms with Crippen molar-refractivity contribution < 1.29 is 40.9 Å². The minimum Gasteiger partial charge on any atom is -0.466 e. The zero-order chi connectivity index (χ0) is 30.8. The van der Waals surface area contributed by atoms with Gasteiger partial charge in [0.05, 0.1) is 54.6 Å². The summed E-state index contributed by atoms with van der Waals surface area (Å²) in [6.45, 7) is -0.768. The summed E-state index contributed by atoms with van der Waals surface area (Å²) in [7, 11) is -2.87. The zero-order valence-corrected chi connectivity index (χ0v) is 22.3. The second-order valence-electron chi connectivity index (χ2n) is 7.60. The van der Waals surface area contributed by atoms with E-state index >= 15 is 0 Å². The number of carbonyl (C=O) groups is 2. The van der Waals surface area contributed by atoms with Gasteiger partial charge in [-0.15, -0.1) is 0 Å². The highest BCUT2D eigenvalue weighted by Crippen LogP contribution is 2.41. The van der Waals surface area contributed by atoms with Gasteiger partial charge < -0.3 is 25.3 Å². The molecular weight excluding hydrogens is 536 g/mol. The summed E-state index contributed by atoms with van der Waals surface area (Å²) in [5.74, 6) is -2.79. The van der Waals surface area contributed by atoms with E-state index in [9.17, 15) is 18.0 Å². The first-order valence-electron chi connectivity index (χ1n) is 12.8. The maximum absolute atomic E-state index is 13.0. The third-order valence-electron chi connectivity index (χ3n) is 5.11. The van der Waals surface area contributed by atoms with Gasteiger partial charge in [-0.3, -0.25) is 4.55 Å². The standard InChI is InChI=1S/C20H25ClN2O5.C6H6O3S/c1-4-28-20(25)18-15(11-27-10-9-22)23-12(2)16(19(24)26-3)17(18)13-7-5-6-8-14(13)21;7-10(8,9)6-4-2-1-3-5-6/h5-8,17,23H,4,9-11,22H2,1-3H3;1-5H,(H,7,8,9)/i2D3;. The van der Waals surface area contributed by atoms with Gasteiger partial charge >= 0.3 is 11.9 Å². The van der Waals surface area contributed by atoms with E-state index in [4.69, 9.17) is 40.2 Å². The SMILES string of the molecule is O=S(=O)(O)c1ccccc1.[2H]C([2H])([2H])C1=C(C(=O)OC)C(c2ccccc2Cl)C(C(=O)OCC)=C(COCCN)N1. The lowest BCUT2D eigenvalue weighted by molar-refractivity contribution is -0.139. The summed E-state index contributed by atoms with van der Waals surface area (Å²) in [6.07, 6.45) is 0. The van der Waals surface area contributed by atoms with Gasteiger partial charge in [0.2, 0.25) is 0 Å². The quantitative estimate of drug-likeness (QED) is 0.233. The lowest BCUT2D eigenvalue weighted by atomic mass is 9.80. The Hall–Kier alpha value is -3.22. The van der Waals surface area contributed by atoms with Gasteiger partial charge in [-0.1, -0.05) is 48.0 Å². The molecule has 1 heterocycles. The average Bonchev–Trinajstić information content (AvgIpc) is 2.92. The van der Waals surface area contributed by atoms with Crippen LogP contribution in [0.15, 0.2) is 82.0 Å².